The van der Waals surface area contributed by atoms with Crippen molar-refractivity contribution >= 4 is 28.9 Å². The summed E-state index contributed by atoms with van der Waals surface area (Å²) in [5, 5.41) is 4.05. The molecule has 0 heterocycles. The summed E-state index contributed by atoms with van der Waals surface area (Å²) in [5.41, 5.74) is 0.681. The van der Waals surface area contributed by atoms with Gasteiger partial charge in [-0.05, 0) is 38.0 Å². The van der Waals surface area contributed by atoms with Crippen LogP contribution in [0.4, 0.5) is 18.9 Å². The van der Waals surface area contributed by atoms with Gasteiger partial charge in [-0.3, -0.25) is 0 Å². The van der Waals surface area contributed by atoms with Crippen molar-refractivity contribution in [2.45, 2.75) is 38.4 Å². The van der Waals surface area contributed by atoms with Crippen LogP contribution in [-0.2, 0) is 0 Å². The Morgan fingerprint density at radius 2 is 1.94 bits per heavy atom. The van der Waals surface area contributed by atoms with Gasteiger partial charge in [0.15, 0.2) is 0 Å². The second kappa shape index (κ2) is 6.53. The number of rotatable bonds is 5. The monoisotopic (exact) mass is 299 g/mol. The maximum absolute atomic E-state index is 12.0. The first-order chi connectivity index (χ1) is 8.28. The molecule has 0 aliphatic carbocycles. The summed E-state index contributed by atoms with van der Waals surface area (Å²) in [6.45, 7) is 1.82. The largest absolute Gasteiger partial charge is 0.389 e. The van der Waals surface area contributed by atoms with Gasteiger partial charge in [0.2, 0.25) is 0 Å². The maximum Gasteiger partial charge on any atom is 0.389 e. The minimum atomic E-state index is -4.09. The number of hydrogen-bond donors (Lipinski definition) is 1. The SMILES string of the molecule is CC(CCCC(F)(F)F)Nc1ccc(Cl)cc1Cl. The van der Waals surface area contributed by atoms with Gasteiger partial charge in [0.25, 0.3) is 0 Å². The van der Waals surface area contributed by atoms with Gasteiger partial charge in [-0.25, -0.2) is 0 Å². The fourth-order valence-corrected chi connectivity index (χ4v) is 2.02. The molecule has 6 heteroatoms. The third-order valence-electron chi connectivity index (χ3n) is 2.43. The molecule has 1 nitrogen and oxygen atoms in total. The smallest absolute Gasteiger partial charge is 0.381 e. The Labute approximate surface area is 114 Å². The molecule has 1 aromatic rings. The summed E-state index contributed by atoms with van der Waals surface area (Å²) in [6.07, 6.45) is -4.31. The number of benzene rings is 1. The van der Waals surface area contributed by atoms with Crippen LogP contribution in [0.5, 0.6) is 0 Å². The number of hydrogen-bond acceptors (Lipinski definition) is 1. The summed E-state index contributed by atoms with van der Waals surface area (Å²) in [7, 11) is 0. The van der Waals surface area contributed by atoms with Gasteiger partial charge < -0.3 is 5.32 Å². The lowest BCUT2D eigenvalue weighted by Gasteiger charge is -2.16. The predicted octanol–water partition coefficient (Wildman–Crippen LogP) is 5.53. The van der Waals surface area contributed by atoms with Crippen LogP contribution < -0.4 is 5.32 Å². The minimum absolute atomic E-state index is 0.0778. The highest BCUT2D eigenvalue weighted by Gasteiger charge is 2.26. The molecule has 0 saturated heterocycles. The molecule has 0 radical (unpaired) electrons. The van der Waals surface area contributed by atoms with E-state index in [4.69, 9.17) is 23.2 Å². The summed E-state index contributed by atoms with van der Waals surface area (Å²) in [6, 6.07) is 4.91. The Morgan fingerprint density at radius 1 is 1.28 bits per heavy atom. The number of alkyl halides is 3. The summed E-state index contributed by atoms with van der Waals surface area (Å²) in [5.74, 6) is 0. The van der Waals surface area contributed by atoms with Crippen LogP contribution >= 0.6 is 23.2 Å². The van der Waals surface area contributed by atoms with Crippen molar-refractivity contribution in [3.05, 3.63) is 28.2 Å². The first-order valence-corrected chi connectivity index (χ1v) is 6.32. The fraction of sp³-hybridized carbons (Fsp3) is 0.500. The van der Waals surface area contributed by atoms with Crippen LogP contribution in [0.3, 0.4) is 0 Å². The standard InChI is InChI=1S/C12H14Cl2F3N/c1-8(3-2-6-12(15,16)17)18-11-5-4-9(13)7-10(11)14/h4-5,7-8,18H,2-3,6H2,1H3. The summed E-state index contributed by atoms with van der Waals surface area (Å²) < 4.78 is 36.0. The van der Waals surface area contributed by atoms with Gasteiger partial charge in [0.1, 0.15) is 0 Å². The lowest BCUT2D eigenvalue weighted by Crippen LogP contribution is -2.17. The van der Waals surface area contributed by atoms with Crippen LogP contribution in [0.25, 0.3) is 0 Å². The fourth-order valence-electron chi connectivity index (χ4n) is 1.55. The van der Waals surface area contributed by atoms with Crippen LogP contribution in [0.15, 0.2) is 18.2 Å². The van der Waals surface area contributed by atoms with Gasteiger partial charge in [-0.15, -0.1) is 0 Å². The molecule has 0 amide bonds. The van der Waals surface area contributed by atoms with Crippen molar-refractivity contribution in [1.82, 2.24) is 0 Å². The molecule has 0 saturated carbocycles. The summed E-state index contributed by atoms with van der Waals surface area (Å²) in [4.78, 5) is 0. The Morgan fingerprint density at radius 3 is 2.50 bits per heavy atom. The molecule has 18 heavy (non-hydrogen) atoms. The topological polar surface area (TPSA) is 12.0 Å². The second-order valence-electron chi connectivity index (χ2n) is 4.18. The highest BCUT2D eigenvalue weighted by Crippen LogP contribution is 2.27. The van der Waals surface area contributed by atoms with Crippen molar-refractivity contribution in [2.75, 3.05) is 5.32 Å². The molecule has 1 N–H and O–H groups in total. The normalized spacial score (nSPS) is 13.4. The Kier molecular flexibility index (Phi) is 5.60. The van der Waals surface area contributed by atoms with E-state index < -0.39 is 12.6 Å². The second-order valence-corrected chi connectivity index (χ2v) is 5.02. The van der Waals surface area contributed by atoms with E-state index >= 15 is 0 Å². The molecule has 1 aromatic carbocycles. The quantitative estimate of drug-likeness (QED) is 0.754. The van der Waals surface area contributed by atoms with Crippen LogP contribution in [-0.4, -0.2) is 12.2 Å². The van der Waals surface area contributed by atoms with Gasteiger partial charge in [-0.2, -0.15) is 13.2 Å². The zero-order chi connectivity index (χ0) is 13.8. The first kappa shape index (κ1) is 15.4. The van der Waals surface area contributed by atoms with Crippen molar-refractivity contribution in [3.8, 4) is 0 Å². The van der Waals surface area contributed by atoms with Gasteiger partial charge in [0, 0.05) is 17.5 Å². The zero-order valence-electron chi connectivity index (χ0n) is 9.82. The Bertz CT molecular complexity index is 393. The van der Waals surface area contributed by atoms with Crippen LogP contribution in [0.1, 0.15) is 26.2 Å². The first-order valence-electron chi connectivity index (χ1n) is 5.56. The van der Waals surface area contributed by atoms with Crippen molar-refractivity contribution in [1.29, 1.82) is 0 Å². The van der Waals surface area contributed by atoms with E-state index in [0.717, 1.165) is 0 Å². The number of nitrogens with one attached hydrogen (secondary N) is 1. The zero-order valence-corrected chi connectivity index (χ0v) is 11.3. The molecule has 102 valence electrons. The Hall–Kier alpha value is -0.610. The maximum atomic E-state index is 12.0. The number of halogens is 5. The molecule has 0 bridgehead atoms. The third-order valence-corrected chi connectivity index (χ3v) is 2.98. The van der Waals surface area contributed by atoms with E-state index in [9.17, 15) is 13.2 Å². The molecule has 1 rings (SSSR count). The third kappa shape index (κ3) is 5.83. The molecule has 0 aliphatic heterocycles. The van der Waals surface area contributed by atoms with E-state index in [1.807, 2.05) is 6.92 Å². The minimum Gasteiger partial charge on any atom is -0.381 e. The molecule has 0 spiro atoms. The molecule has 0 aliphatic rings. The lowest BCUT2D eigenvalue weighted by atomic mass is 10.1. The average Bonchev–Trinajstić information content (AvgIpc) is 2.20. The van der Waals surface area contributed by atoms with Crippen molar-refractivity contribution < 1.29 is 13.2 Å². The van der Waals surface area contributed by atoms with E-state index in [1.54, 1.807) is 18.2 Å². The van der Waals surface area contributed by atoms with Gasteiger partial charge in [0.05, 0.1) is 10.7 Å². The lowest BCUT2D eigenvalue weighted by molar-refractivity contribution is -0.135. The van der Waals surface area contributed by atoms with E-state index in [2.05, 4.69) is 5.32 Å². The molecule has 1 unspecified atom stereocenters. The number of anilines is 1. The molecule has 0 fully saturated rings. The highest BCUT2D eigenvalue weighted by molar-refractivity contribution is 6.36. The Balaban J connectivity index is 2.42. The molecular formula is C12H14Cl2F3N. The van der Waals surface area contributed by atoms with Crippen LogP contribution in [0.2, 0.25) is 10.0 Å². The van der Waals surface area contributed by atoms with E-state index in [-0.39, 0.29) is 12.5 Å². The molecule has 1 atom stereocenters. The van der Waals surface area contributed by atoms with Crippen molar-refractivity contribution in [2.24, 2.45) is 0 Å². The van der Waals surface area contributed by atoms with E-state index in [1.165, 1.54) is 0 Å². The summed E-state index contributed by atoms with van der Waals surface area (Å²) >= 11 is 11.7. The van der Waals surface area contributed by atoms with Gasteiger partial charge in [-0.1, -0.05) is 23.2 Å². The molecular weight excluding hydrogens is 286 g/mol. The van der Waals surface area contributed by atoms with E-state index in [0.29, 0.717) is 22.2 Å². The predicted molar refractivity (Wildman–Crippen MR) is 69.5 cm³/mol. The average molecular weight is 300 g/mol. The van der Waals surface area contributed by atoms with Crippen LogP contribution in [0, 0.1) is 0 Å². The molecule has 0 aromatic heterocycles. The van der Waals surface area contributed by atoms with Gasteiger partial charge >= 0.3 is 6.18 Å². The van der Waals surface area contributed by atoms with Crippen molar-refractivity contribution in [3.63, 3.8) is 0 Å². The highest BCUT2D eigenvalue weighted by atomic mass is 35.5.